The van der Waals surface area contributed by atoms with Crippen molar-refractivity contribution in [1.29, 1.82) is 0 Å². The number of rotatable bonds is 11. The molecule has 4 aromatic rings. The SMILES string of the molecule is C#Cc1nc(C2CNC(SC)C(C)(O)C2)c2c([Si](C(C)C)(C(C)C)C(C)C)nc(-c3cc(OCOC)cc4ccc(F)c(CC)c34)c(F)c2n1. The summed E-state index contributed by atoms with van der Waals surface area (Å²) in [5, 5.41) is 17.5. The zero-order valence-electron chi connectivity index (χ0n) is 30.9. The van der Waals surface area contributed by atoms with E-state index in [0.717, 1.165) is 5.32 Å². The summed E-state index contributed by atoms with van der Waals surface area (Å²) in [6.07, 6.45) is 8.70. The molecule has 0 amide bonds. The molecule has 3 unspecified atom stereocenters. The lowest BCUT2D eigenvalue weighted by molar-refractivity contribution is 0.0152. The fraction of sp³-hybridized carbons (Fsp3) is 0.513. The molecule has 3 atom stereocenters. The van der Waals surface area contributed by atoms with Crippen LogP contribution in [0.3, 0.4) is 0 Å². The van der Waals surface area contributed by atoms with Gasteiger partial charge in [0.25, 0.3) is 0 Å². The minimum absolute atomic E-state index is 0.0194. The summed E-state index contributed by atoms with van der Waals surface area (Å²) in [4.78, 5) is 15.1. The molecule has 0 spiro atoms. The highest BCUT2D eigenvalue weighted by Gasteiger charge is 2.49. The number of fused-ring (bicyclic) bond motifs is 2. The number of hydrogen-bond donors (Lipinski definition) is 2. The molecule has 0 bridgehead atoms. The quantitative estimate of drug-likeness (QED) is 0.0915. The standard InChI is InChI=1S/C39H50F2N4O3SSi/c1-12-27-29(40)15-14-24-16-26(48-20-47-10)17-28(31(24)27)35-33(41)36-32(37(45-35)50(21(3)4,22(5)6)23(7)8)34(43-30(13-2)44-36)25-18-39(9,46)38(49-11)42-19-25/h2,14-17,21-23,25,38,42,46H,12,18-20H2,1,3-11H3. The summed E-state index contributed by atoms with van der Waals surface area (Å²) in [5.41, 5.74) is 1.17. The normalized spacial score (nSPS) is 20.0. The molecule has 2 aromatic heterocycles. The van der Waals surface area contributed by atoms with Crippen LogP contribution in [0.1, 0.15) is 84.8 Å². The molecular formula is C39H50F2N4O3SSi. The highest BCUT2D eigenvalue weighted by Crippen LogP contribution is 2.46. The Labute approximate surface area is 300 Å². The lowest BCUT2D eigenvalue weighted by Gasteiger charge is -2.44. The molecular weight excluding hydrogens is 671 g/mol. The number of nitrogens with zero attached hydrogens (tertiary/aromatic N) is 3. The summed E-state index contributed by atoms with van der Waals surface area (Å²) in [6, 6.07) is 6.65. The number of aryl methyl sites for hydroxylation is 1. The van der Waals surface area contributed by atoms with Crippen LogP contribution in [-0.2, 0) is 11.2 Å². The van der Waals surface area contributed by atoms with Gasteiger partial charge in [0.15, 0.2) is 12.6 Å². The number of ether oxygens (including phenoxy) is 2. The number of methoxy groups -OCH3 is 1. The topological polar surface area (TPSA) is 89.4 Å². The minimum Gasteiger partial charge on any atom is -0.468 e. The van der Waals surface area contributed by atoms with E-state index in [-0.39, 0.29) is 57.6 Å². The van der Waals surface area contributed by atoms with E-state index < -0.39 is 19.5 Å². The third kappa shape index (κ3) is 6.43. The van der Waals surface area contributed by atoms with Crippen molar-refractivity contribution in [1.82, 2.24) is 20.3 Å². The first-order valence-corrected chi connectivity index (χ1v) is 20.9. The average Bonchev–Trinajstić information content (AvgIpc) is 3.06. The zero-order chi connectivity index (χ0) is 36.7. The highest BCUT2D eigenvalue weighted by atomic mass is 32.2. The molecule has 1 saturated heterocycles. The van der Waals surface area contributed by atoms with Crippen LogP contribution >= 0.6 is 11.8 Å². The van der Waals surface area contributed by atoms with Gasteiger partial charge in [-0.1, -0.05) is 54.5 Å². The van der Waals surface area contributed by atoms with Crippen LogP contribution in [0.2, 0.25) is 16.6 Å². The molecule has 0 saturated carbocycles. The van der Waals surface area contributed by atoms with Crippen LogP contribution in [0, 0.1) is 24.0 Å². The van der Waals surface area contributed by atoms with Gasteiger partial charge in [-0.05, 0) is 83.1 Å². The molecule has 1 fully saturated rings. The molecule has 268 valence electrons. The summed E-state index contributed by atoms with van der Waals surface area (Å²) in [7, 11) is -1.16. The van der Waals surface area contributed by atoms with Gasteiger partial charge in [-0.3, -0.25) is 4.98 Å². The maximum absolute atomic E-state index is 17.7. The van der Waals surface area contributed by atoms with Gasteiger partial charge < -0.3 is 19.9 Å². The van der Waals surface area contributed by atoms with Crippen LogP contribution in [-0.4, -0.2) is 65.8 Å². The van der Waals surface area contributed by atoms with Gasteiger partial charge in [0.1, 0.15) is 30.9 Å². The lowest BCUT2D eigenvalue weighted by Crippen LogP contribution is -2.58. The van der Waals surface area contributed by atoms with Crippen LogP contribution in [0.5, 0.6) is 5.75 Å². The molecule has 2 N–H and O–H groups in total. The van der Waals surface area contributed by atoms with E-state index in [1.54, 1.807) is 23.9 Å². The van der Waals surface area contributed by atoms with Crippen molar-refractivity contribution in [3.63, 3.8) is 0 Å². The molecule has 5 rings (SSSR count). The van der Waals surface area contributed by atoms with Gasteiger partial charge in [0.05, 0.1) is 16.7 Å². The molecule has 3 heterocycles. The number of aromatic nitrogens is 3. The molecule has 2 aromatic carbocycles. The van der Waals surface area contributed by atoms with Crippen LogP contribution in [0.15, 0.2) is 24.3 Å². The third-order valence-corrected chi connectivity index (χ3v) is 18.8. The smallest absolute Gasteiger partial charge is 0.205 e. The Morgan fingerprint density at radius 3 is 2.32 bits per heavy atom. The Morgan fingerprint density at radius 2 is 1.76 bits per heavy atom. The second kappa shape index (κ2) is 14.8. The van der Waals surface area contributed by atoms with Crippen LogP contribution < -0.4 is 15.4 Å². The molecule has 0 radical (unpaired) electrons. The van der Waals surface area contributed by atoms with E-state index in [9.17, 15) is 5.11 Å². The van der Waals surface area contributed by atoms with Crippen molar-refractivity contribution in [3.05, 3.63) is 53.0 Å². The number of terminal acetylenes is 1. The lowest BCUT2D eigenvalue weighted by atomic mass is 9.84. The Morgan fingerprint density at radius 1 is 1.08 bits per heavy atom. The monoisotopic (exact) mass is 720 g/mol. The number of pyridine rings is 1. The Hall–Kier alpha value is -3.14. The van der Waals surface area contributed by atoms with Crippen molar-refractivity contribution >= 4 is 46.8 Å². The maximum atomic E-state index is 17.7. The summed E-state index contributed by atoms with van der Waals surface area (Å²) in [5.74, 6) is 1.76. The van der Waals surface area contributed by atoms with E-state index in [0.29, 0.717) is 58.1 Å². The van der Waals surface area contributed by atoms with E-state index in [1.807, 2.05) is 26.2 Å². The van der Waals surface area contributed by atoms with Crippen LogP contribution in [0.4, 0.5) is 8.78 Å². The van der Waals surface area contributed by atoms with E-state index >= 15 is 8.78 Å². The molecule has 11 heteroatoms. The van der Waals surface area contributed by atoms with E-state index in [2.05, 4.69) is 52.8 Å². The number of benzene rings is 2. The van der Waals surface area contributed by atoms with Gasteiger partial charge >= 0.3 is 0 Å². The molecule has 0 aliphatic carbocycles. The van der Waals surface area contributed by atoms with Crippen LogP contribution in [0.25, 0.3) is 32.9 Å². The molecule has 7 nitrogen and oxygen atoms in total. The summed E-state index contributed by atoms with van der Waals surface area (Å²) < 4.78 is 44.3. The first-order valence-electron chi connectivity index (χ1n) is 17.4. The van der Waals surface area contributed by atoms with Crippen molar-refractivity contribution in [2.45, 2.75) is 102 Å². The van der Waals surface area contributed by atoms with E-state index in [4.69, 9.17) is 30.8 Å². The largest absolute Gasteiger partial charge is 0.468 e. The third-order valence-electron chi connectivity index (χ3n) is 10.7. The fourth-order valence-corrected chi connectivity index (χ4v) is 16.3. The maximum Gasteiger partial charge on any atom is 0.205 e. The van der Waals surface area contributed by atoms with Gasteiger partial charge in [-0.2, -0.15) is 0 Å². The number of hydrogen-bond acceptors (Lipinski definition) is 8. The fourth-order valence-electron chi connectivity index (χ4n) is 8.78. The average molecular weight is 721 g/mol. The van der Waals surface area contributed by atoms with Crippen molar-refractivity contribution < 1.29 is 23.4 Å². The minimum atomic E-state index is -2.69. The van der Waals surface area contributed by atoms with Crippen molar-refractivity contribution in [3.8, 4) is 29.4 Å². The number of aliphatic hydroxyl groups is 1. The van der Waals surface area contributed by atoms with Crippen molar-refractivity contribution in [2.75, 3.05) is 26.7 Å². The summed E-state index contributed by atoms with van der Waals surface area (Å²) in [6.45, 7) is 17.6. The van der Waals surface area contributed by atoms with Gasteiger partial charge in [0.2, 0.25) is 5.82 Å². The number of nitrogens with one attached hydrogen (secondary N) is 1. The number of halogens is 2. The molecule has 1 aliphatic rings. The van der Waals surface area contributed by atoms with Gasteiger partial charge in [-0.15, -0.1) is 18.2 Å². The van der Waals surface area contributed by atoms with E-state index in [1.165, 1.54) is 13.2 Å². The number of thioether (sulfide) groups is 1. The van der Waals surface area contributed by atoms with Gasteiger partial charge in [-0.25, -0.2) is 18.7 Å². The Kier molecular flexibility index (Phi) is 11.3. The number of piperidine rings is 1. The Balaban J connectivity index is 2.01. The highest BCUT2D eigenvalue weighted by molar-refractivity contribution is 7.99. The van der Waals surface area contributed by atoms with Crippen molar-refractivity contribution in [2.24, 2.45) is 0 Å². The molecule has 1 aliphatic heterocycles. The Bertz CT molecular complexity index is 1920. The second-order valence-electron chi connectivity index (χ2n) is 14.6. The first-order chi connectivity index (χ1) is 23.7. The predicted molar refractivity (Wildman–Crippen MR) is 204 cm³/mol. The zero-order valence-corrected chi connectivity index (χ0v) is 32.7. The molecule has 50 heavy (non-hydrogen) atoms. The first kappa shape index (κ1) is 38.1. The predicted octanol–water partition coefficient (Wildman–Crippen LogP) is 8.05. The van der Waals surface area contributed by atoms with Gasteiger partial charge in [0, 0.05) is 35.8 Å². The second-order valence-corrected chi connectivity index (χ2v) is 21.3. The summed E-state index contributed by atoms with van der Waals surface area (Å²) >= 11 is 1.56.